The molecule has 0 aromatic carbocycles. The summed E-state index contributed by atoms with van der Waals surface area (Å²) in [5.41, 5.74) is 5.48. The number of nitrogen functional groups attached to an aromatic ring is 1. The van der Waals surface area contributed by atoms with Crippen LogP contribution in [-0.2, 0) is 9.09 Å². The molecule has 0 amide bonds. The van der Waals surface area contributed by atoms with E-state index in [9.17, 15) is 14.8 Å². The highest BCUT2D eigenvalue weighted by atomic mass is 35.5. The van der Waals surface area contributed by atoms with Crippen LogP contribution in [0, 0.1) is 11.3 Å². The summed E-state index contributed by atoms with van der Waals surface area (Å²) in [7, 11) is -4.70. The lowest BCUT2D eigenvalue weighted by Crippen LogP contribution is -2.49. The Kier molecular flexibility index (Phi) is 4.05. The van der Waals surface area contributed by atoms with E-state index in [1.807, 2.05) is 0 Å². The highest BCUT2D eigenvalue weighted by molar-refractivity contribution is 7.46. The Morgan fingerprint density at radius 3 is 2.77 bits per heavy atom. The first kappa shape index (κ1) is 18.1. The van der Waals surface area contributed by atoms with Gasteiger partial charge in [0.25, 0.3) is 0 Å². The van der Waals surface area contributed by atoms with Gasteiger partial charge < -0.3 is 30.3 Å². The molecule has 2 aliphatic carbocycles. The first-order chi connectivity index (χ1) is 12.1. The van der Waals surface area contributed by atoms with E-state index in [0.29, 0.717) is 24.0 Å². The van der Waals surface area contributed by atoms with Crippen molar-refractivity contribution in [2.45, 2.75) is 31.1 Å². The SMILES string of the molecule is Nc1nc(Cl)nc2c1ncn2C1C(O)C(O)[C@]2(COP(=O)(O)O)CC[C@H]12. The van der Waals surface area contributed by atoms with Crippen molar-refractivity contribution in [3.05, 3.63) is 11.6 Å². The number of rotatable bonds is 4. The molecule has 0 radical (unpaired) electrons. The lowest BCUT2D eigenvalue weighted by atomic mass is 9.60. The molecule has 2 heterocycles. The van der Waals surface area contributed by atoms with Crippen LogP contribution in [0.4, 0.5) is 5.82 Å². The number of phosphoric acid groups is 1. The Morgan fingerprint density at radius 2 is 2.15 bits per heavy atom. The second kappa shape index (κ2) is 5.83. The molecule has 13 heteroatoms. The molecule has 3 unspecified atom stereocenters. The number of aromatic nitrogens is 4. The molecule has 6 N–H and O–H groups in total. The number of phosphoric ester groups is 1. The Bertz CT molecular complexity index is 920. The van der Waals surface area contributed by atoms with Crippen LogP contribution in [0.15, 0.2) is 6.33 Å². The van der Waals surface area contributed by atoms with Gasteiger partial charge in [-0.2, -0.15) is 9.97 Å². The average molecular weight is 406 g/mol. The molecular weight excluding hydrogens is 389 g/mol. The largest absolute Gasteiger partial charge is 0.469 e. The number of imidazole rings is 1. The Morgan fingerprint density at radius 1 is 1.42 bits per heavy atom. The lowest BCUT2D eigenvalue weighted by molar-refractivity contribution is -0.0969. The van der Waals surface area contributed by atoms with Gasteiger partial charge in [0.15, 0.2) is 11.5 Å². The van der Waals surface area contributed by atoms with Crippen LogP contribution in [0.2, 0.25) is 5.28 Å². The first-order valence-electron chi connectivity index (χ1n) is 7.86. The van der Waals surface area contributed by atoms with E-state index in [0.717, 1.165) is 0 Å². The van der Waals surface area contributed by atoms with Crippen LogP contribution in [0.25, 0.3) is 11.2 Å². The Hall–Kier alpha value is -1.33. The zero-order valence-electron chi connectivity index (χ0n) is 13.3. The summed E-state index contributed by atoms with van der Waals surface area (Å²) in [6.07, 6.45) is 0.124. The number of anilines is 1. The molecule has 142 valence electrons. The van der Waals surface area contributed by atoms with Gasteiger partial charge in [0, 0.05) is 5.41 Å². The maximum Gasteiger partial charge on any atom is 0.469 e. The molecule has 2 aromatic rings. The topological polar surface area (TPSA) is 177 Å². The minimum atomic E-state index is -4.70. The smallest absolute Gasteiger partial charge is 0.390 e. The second-order valence-electron chi connectivity index (χ2n) is 6.77. The van der Waals surface area contributed by atoms with E-state index in [2.05, 4.69) is 19.5 Å². The molecule has 11 nitrogen and oxygen atoms in total. The summed E-state index contributed by atoms with van der Waals surface area (Å²) >= 11 is 5.87. The van der Waals surface area contributed by atoms with Gasteiger partial charge in [0.1, 0.15) is 11.6 Å². The predicted octanol–water partition coefficient (Wildman–Crippen LogP) is -0.156. The lowest BCUT2D eigenvalue weighted by Gasteiger charge is -2.47. The summed E-state index contributed by atoms with van der Waals surface area (Å²) in [5.74, 6) is -0.192. The van der Waals surface area contributed by atoms with Crippen molar-refractivity contribution < 1.29 is 29.1 Å². The van der Waals surface area contributed by atoms with Crippen molar-refractivity contribution in [1.29, 1.82) is 0 Å². The average Bonchev–Trinajstić information content (AvgIpc) is 2.98. The standard InChI is InChI=1S/C13H17ClN5O6P/c14-12-17-10(15)6-11(18-12)19(4-16-6)7-5-1-2-13(5,9(21)8(7)20)3-25-26(22,23)24/h4-5,7-9,20-21H,1-3H2,(H2,15,17,18)(H2,22,23,24)/t5-,7?,8?,9?,13+/m1/s1. The van der Waals surface area contributed by atoms with E-state index >= 15 is 0 Å². The number of nitrogens with zero attached hydrogens (tertiary/aromatic N) is 4. The van der Waals surface area contributed by atoms with Crippen molar-refractivity contribution in [1.82, 2.24) is 19.5 Å². The van der Waals surface area contributed by atoms with Crippen molar-refractivity contribution in [2.24, 2.45) is 11.3 Å². The Balaban J connectivity index is 1.74. The maximum absolute atomic E-state index is 11.1. The zero-order valence-corrected chi connectivity index (χ0v) is 15.0. The van der Waals surface area contributed by atoms with Crippen LogP contribution < -0.4 is 5.73 Å². The van der Waals surface area contributed by atoms with Crippen molar-refractivity contribution in [3.8, 4) is 0 Å². The molecule has 5 atom stereocenters. The monoisotopic (exact) mass is 405 g/mol. The fraction of sp³-hybridized carbons (Fsp3) is 0.615. The number of nitrogens with two attached hydrogens (primary N) is 1. The molecule has 0 aliphatic heterocycles. The third-order valence-corrected chi connectivity index (χ3v) is 6.21. The van der Waals surface area contributed by atoms with Gasteiger partial charge in [0.2, 0.25) is 5.28 Å². The summed E-state index contributed by atoms with van der Waals surface area (Å²) < 4.78 is 17.3. The summed E-state index contributed by atoms with van der Waals surface area (Å²) in [5, 5.41) is 21.2. The quantitative estimate of drug-likeness (QED) is 0.339. The summed E-state index contributed by atoms with van der Waals surface area (Å²) in [4.78, 5) is 30.1. The molecule has 2 saturated carbocycles. The molecule has 2 aromatic heterocycles. The number of hydrogen-bond donors (Lipinski definition) is 5. The molecule has 2 aliphatic rings. The van der Waals surface area contributed by atoms with Gasteiger partial charge in [-0.05, 0) is 30.4 Å². The van der Waals surface area contributed by atoms with Gasteiger partial charge in [-0.25, -0.2) is 9.55 Å². The minimum Gasteiger partial charge on any atom is -0.390 e. The molecule has 0 bridgehead atoms. The van der Waals surface area contributed by atoms with E-state index in [4.69, 9.17) is 27.1 Å². The third kappa shape index (κ3) is 2.55. The van der Waals surface area contributed by atoms with Gasteiger partial charge in [0.05, 0.1) is 25.1 Å². The van der Waals surface area contributed by atoms with Crippen LogP contribution in [0.5, 0.6) is 0 Å². The second-order valence-corrected chi connectivity index (χ2v) is 8.35. The van der Waals surface area contributed by atoms with Gasteiger partial charge >= 0.3 is 7.82 Å². The first-order valence-corrected chi connectivity index (χ1v) is 9.77. The van der Waals surface area contributed by atoms with E-state index in [-0.39, 0.29) is 23.6 Å². The fourth-order valence-corrected chi connectivity index (χ4v) is 4.86. The van der Waals surface area contributed by atoms with E-state index in [1.54, 1.807) is 4.57 Å². The van der Waals surface area contributed by atoms with Crippen LogP contribution in [0.1, 0.15) is 18.9 Å². The molecule has 4 rings (SSSR count). The van der Waals surface area contributed by atoms with Crippen LogP contribution in [-0.4, -0.2) is 58.3 Å². The minimum absolute atomic E-state index is 0.0745. The number of aliphatic hydroxyl groups is 2. The third-order valence-electron chi connectivity index (χ3n) is 5.58. The van der Waals surface area contributed by atoms with Gasteiger partial charge in [-0.15, -0.1) is 0 Å². The highest BCUT2D eigenvalue weighted by Gasteiger charge is 2.65. The Labute approximate surface area is 152 Å². The maximum atomic E-state index is 11.1. The van der Waals surface area contributed by atoms with Gasteiger partial charge in [-0.3, -0.25) is 4.52 Å². The zero-order chi connectivity index (χ0) is 18.9. The van der Waals surface area contributed by atoms with E-state index < -0.39 is 31.5 Å². The van der Waals surface area contributed by atoms with Crippen molar-refractivity contribution in [2.75, 3.05) is 12.3 Å². The van der Waals surface area contributed by atoms with Crippen LogP contribution in [0.3, 0.4) is 0 Å². The van der Waals surface area contributed by atoms with Crippen molar-refractivity contribution in [3.63, 3.8) is 0 Å². The molecule has 26 heavy (non-hydrogen) atoms. The number of fused-ring (bicyclic) bond motifs is 2. The summed E-state index contributed by atoms with van der Waals surface area (Å²) in [6, 6.07) is -0.616. The molecule has 2 fully saturated rings. The fourth-order valence-electron chi connectivity index (χ4n) is 4.28. The van der Waals surface area contributed by atoms with Crippen molar-refractivity contribution >= 4 is 36.4 Å². The molecule has 0 spiro atoms. The highest BCUT2D eigenvalue weighted by Crippen LogP contribution is 2.63. The van der Waals surface area contributed by atoms with Crippen LogP contribution >= 0.6 is 19.4 Å². The summed E-state index contributed by atoms with van der Waals surface area (Å²) in [6.45, 7) is -0.360. The molecular formula is C13H17ClN5O6P. The normalized spacial score (nSPS) is 34.0. The number of aliphatic hydroxyl groups excluding tert-OH is 2. The van der Waals surface area contributed by atoms with Gasteiger partial charge in [-0.1, -0.05) is 0 Å². The van der Waals surface area contributed by atoms with E-state index in [1.165, 1.54) is 6.33 Å². The predicted molar refractivity (Wildman–Crippen MR) is 88.9 cm³/mol. The number of hydrogen-bond acceptors (Lipinski definition) is 8. The molecule has 0 saturated heterocycles. The number of halogens is 1.